The molecule has 2 N–H and O–H groups in total. The lowest BCUT2D eigenvalue weighted by atomic mass is 10.1. The molecule has 0 atom stereocenters. The first kappa shape index (κ1) is 18.9. The molecule has 0 saturated carbocycles. The third-order valence-corrected chi connectivity index (χ3v) is 3.80. The second-order valence-electron chi connectivity index (χ2n) is 5.79. The monoisotopic (exact) mass is 344 g/mol. The Morgan fingerprint density at radius 3 is 2.68 bits per heavy atom. The topological polar surface area (TPSA) is 76.4 Å². The Morgan fingerprint density at radius 2 is 1.96 bits per heavy atom. The van der Waals surface area contributed by atoms with Crippen molar-refractivity contribution in [2.45, 2.75) is 33.4 Å². The van der Waals surface area contributed by atoms with Gasteiger partial charge in [-0.1, -0.05) is 36.8 Å². The summed E-state index contributed by atoms with van der Waals surface area (Å²) in [4.78, 5) is 4.66. The maximum Gasteiger partial charge on any atom is 0.191 e. The number of guanidine groups is 1. The van der Waals surface area contributed by atoms with Gasteiger partial charge in [-0.15, -0.1) is 10.2 Å². The Bertz CT molecular complexity index is 650. The van der Waals surface area contributed by atoms with Gasteiger partial charge in [0.05, 0.1) is 13.2 Å². The predicted molar refractivity (Wildman–Crippen MR) is 99.6 cm³/mol. The van der Waals surface area contributed by atoms with E-state index in [9.17, 15) is 0 Å². The summed E-state index contributed by atoms with van der Waals surface area (Å²) in [5.74, 6) is 1.77. The van der Waals surface area contributed by atoms with Crippen molar-refractivity contribution >= 4 is 5.96 Å². The van der Waals surface area contributed by atoms with Crippen molar-refractivity contribution < 1.29 is 4.74 Å². The van der Waals surface area contributed by atoms with Crippen molar-refractivity contribution in [3.63, 3.8) is 0 Å². The molecule has 0 aliphatic heterocycles. The van der Waals surface area contributed by atoms with Crippen LogP contribution in [0.5, 0.6) is 0 Å². The van der Waals surface area contributed by atoms with Gasteiger partial charge in [-0.05, 0) is 12.5 Å². The van der Waals surface area contributed by atoms with Crippen molar-refractivity contribution in [3.8, 4) is 0 Å². The molecule has 0 radical (unpaired) electrons. The summed E-state index contributed by atoms with van der Waals surface area (Å²) >= 11 is 0. The highest BCUT2D eigenvalue weighted by atomic mass is 16.5. The molecule has 0 aliphatic carbocycles. The van der Waals surface area contributed by atoms with Crippen LogP contribution < -0.4 is 10.6 Å². The molecule has 7 nitrogen and oxygen atoms in total. The van der Waals surface area contributed by atoms with Crippen LogP contribution in [-0.2, 0) is 24.2 Å². The maximum absolute atomic E-state index is 5.10. The number of methoxy groups -OCH3 is 1. The lowest BCUT2D eigenvalue weighted by Gasteiger charge is -2.13. The second-order valence-corrected chi connectivity index (χ2v) is 5.79. The molecule has 0 fully saturated rings. The van der Waals surface area contributed by atoms with E-state index in [0.717, 1.165) is 31.3 Å². The third kappa shape index (κ3) is 6.54. The smallest absolute Gasteiger partial charge is 0.191 e. The van der Waals surface area contributed by atoms with Gasteiger partial charge in [0.15, 0.2) is 5.96 Å². The van der Waals surface area contributed by atoms with E-state index in [2.05, 4.69) is 68.5 Å². The fraction of sp³-hybridized carbons (Fsp3) is 0.500. The molecule has 1 heterocycles. The molecule has 0 amide bonds. The molecule has 0 aliphatic rings. The van der Waals surface area contributed by atoms with Gasteiger partial charge < -0.3 is 19.9 Å². The largest absolute Gasteiger partial charge is 0.383 e. The summed E-state index contributed by atoms with van der Waals surface area (Å²) < 4.78 is 7.15. The molecule has 0 spiro atoms. The summed E-state index contributed by atoms with van der Waals surface area (Å²) in [6, 6.07) is 8.43. The van der Waals surface area contributed by atoms with Crippen LogP contribution in [0.2, 0.25) is 0 Å². The highest BCUT2D eigenvalue weighted by Crippen LogP contribution is 2.04. The second kappa shape index (κ2) is 10.5. The van der Waals surface area contributed by atoms with Gasteiger partial charge in [0.1, 0.15) is 12.2 Å². The summed E-state index contributed by atoms with van der Waals surface area (Å²) in [5.41, 5.74) is 2.44. The minimum Gasteiger partial charge on any atom is -0.383 e. The number of hydrogen-bond donors (Lipinski definition) is 2. The van der Waals surface area contributed by atoms with Gasteiger partial charge >= 0.3 is 0 Å². The quantitative estimate of drug-likeness (QED) is 0.410. The number of hydrogen-bond acceptors (Lipinski definition) is 4. The number of nitrogens with one attached hydrogen (secondary N) is 2. The van der Waals surface area contributed by atoms with E-state index >= 15 is 0 Å². The van der Waals surface area contributed by atoms with Crippen LogP contribution in [0, 0.1) is 6.92 Å². The number of rotatable bonds is 9. The van der Waals surface area contributed by atoms with Crippen LogP contribution in [0.4, 0.5) is 0 Å². The molecule has 0 saturated heterocycles. The average Bonchev–Trinajstić information content (AvgIpc) is 3.08. The van der Waals surface area contributed by atoms with E-state index in [1.54, 1.807) is 13.4 Å². The number of aryl methyl sites for hydroxylation is 2. The molecule has 1 aromatic heterocycles. The van der Waals surface area contributed by atoms with Crippen molar-refractivity contribution in [2.75, 3.05) is 26.8 Å². The first-order valence-corrected chi connectivity index (χ1v) is 8.66. The first-order chi connectivity index (χ1) is 12.2. The molecule has 25 heavy (non-hydrogen) atoms. The standard InChI is InChI=1S/C18H28N6O/c1-4-17-23-22-14-24(17)11-9-19-18(20-10-12-25-3)21-13-16-7-5-15(2)6-8-16/h5-8,14H,4,9-13H2,1-3H3,(H2,19,20,21). The first-order valence-electron chi connectivity index (χ1n) is 8.66. The number of ether oxygens (including phenoxy) is 1. The summed E-state index contributed by atoms with van der Waals surface area (Å²) in [7, 11) is 1.69. The molecular formula is C18H28N6O. The summed E-state index contributed by atoms with van der Waals surface area (Å²) in [5, 5.41) is 14.7. The molecule has 0 bridgehead atoms. The van der Waals surface area contributed by atoms with E-state index in [-0.39, 0.29) is 0 Å². The van der Waals surface area contributed by atoms with Crippen molar-refractivity contribution in [2.24, 2.45) is 4.99 Å². The Hall–Kier alpha value is -2.41. The number of nitrogens with zero attached hydrogens (tertiary/aromatic N) is 4. The van der Waals surface area contributed by atoms with Crippen LogP contribution in [0.1, 0.15) is 23.9 Å². The molecule has 0 unspecified atom stereocenters. The van der Waals surface area contributed by atoms with Gasteiger partial charge in [0.25, 0.3) is 0 Å². The predicted octanol–water partition coefficient (Wildman–Crippen LogP) is 1.53. The Morgan fingerprint density at radius 1 is 1.20 bits per heavy atom. The molecule has 2 aromatic rings. The fourth-order valence-corrected chi connectivity index (χ4v) is 2.34. The SMILES string of the molecule is CCc1nncn1CCNC(=NCc1ccc(C)cc1)NCCOC. The molecule has 7 heteroatoms. The van der Waals surface area contributed by atoms with E-state index in [1.165, 1.54) is 11.1 Å². The minimum atomic E-state index is 0.634. The van der Waals surface area contributed by atoms with Gasteiger partial charge in [0, 0.05) is 33.2 Å². The zero-order chi connectivity index (χ0) is 17.9. The highest BCUT2D eigenvalue weighted by molar-refractivity contribution is 5.79. The molecule has 1 aromatic carbocycles. The molecular weight excluding hydrogens is 316 g/mol. The normalized spacial score (nSPS) is 11.6. The van der Waals surface area contributed by atoms with Crippen molar-refractivity contribution in [1.29, 1.82) is 0 Å². The van der Waals surface area contributed by atoms with Crippen molar-refractivity contribution in [3.05, 3.63) is 47.5 Å². The van der Waals surface area contributed by atoms with E-state index in [0.29, 0.717) is 19.7 Å². The van der Waals surface area contributed by atoms with E-state index in [4.69, 9.17) is 4.74 Å². The number of aromatic nitrogens is 3. The van der Waals surface area contributed by atoms with Gasteiger partial charge in [-0.2, -0.15) is 0 Å². The summed E-state index contributed by atoms with van der Waals surface area (Å²) in [6.45, 7) is 7.69. The van der Waals surface area contributed by atoms with Crippen LogP contribution >= 0.6 is 0 Å². The lowest BCUT2D eigenvalue weighted by Crippen LogP contribution is -2.40. The minimum absolute atomic E-state index is 0.634. The zero-order valence-electron chi connectivity index (χ0n) is 15.3. The fourth-order valence-electron chi connectivity index (χ4n) is 2.34. The van der Waals surface area contributed by atoms with E-state index < -0.39 is 0 Å². The Balaban J connectivity index is 1.89. The number of benzene rings is 1. The zero-order valence-corrected chi connectivity index (χ0v) is 15.3. The third-order valence-electron chi connectivity index (χ3n) is 3.80. The van der Waals surface area contributed by atoms with E-state index in [1.807, 2.05) is 0 Å². The lowest BCUT2D eigenvalue weighted by molar-refractivity contribution is 0.203. The molecule has 136 valence electrons. The van der Waals surface area contributed by atoms with Gasteiger partial charge in [-0.3, -0.25) is 0 Å². The Labute approximate surface area is 149 Å². The number of aliphatic imine (C=N–C) groups is 1. The Kier molecular flexibility index (Phi) is 7.91. The average molecular weight is 344 g/mol. The van der Waals surface area contributed by atoms with Crippen LogP contribution in [0.3, 0.4) is 0 Å². The molecule has 2 rings (SSSR count). The maximum atomic E-state index is 5.10. The van der Waals surface area contributed by atoms with Crippen LogP contribution in [-0.4, -0.2) is 47.5 Å². The van der Waals surface area contributed by atoms with Gasteiger partial charge in [0.2, 0.25) is 0 Å². The van der Waals surface area contributed by atoms with Gasteiger partial charge in [-0.25, -0.2) is 4.99 Å². The van der Waals surface area contributed by atoms with Crippen LogP contribution in [0.15, 0.2) is 35.6 Å². The highest BCUT2D eigenvalue weighted by Gasteiger charge is 2.03. The van der Waals surface area contributed by atoms with Crippen molar-refractivity contribution in [1.82, 2.24) is 25.4 Å². The van der Waals surface area contributed by atoms with Crippen LogP contribution in [0.25, 0.3) is 0 Å². The summed E-state index contributed by atoms with van der Waals surface area (Å²) in [6.07, 6.45) is 2.64.